The van der Waals surface area contributed by atoms with E-state index in [1.807, 2.05) is 37.3 Å². The molecule has 2 amide bonds. The number of hydrogen-bond donors (Lipinski definition) is 3. The van der Waals surface area contributed by atoms with E-state index in [4.69, 9.17) is 9.47 Å². The molecule has 156 valence electrons. The number of amides is 2. The molecule has 0 radical (unpaired) electrons. The Morgan fingerprint density at radius 3 is 2.41 bits per heavy atom. The lowest BCUT2D eigenvalue weighted by Gasteiger charge is -2.17. The summed E-state index contributed by atoms with van der Waals surface area (Å²) in [4.78, 5) is 24.2. The van der Waals surface area contributed by atoms with E-state index in [1.165, 1.54) is 5.56 Å². The zero-order valence-electron chi connectivity index (χ0n) is 17.5. The minimum Gasteiger partial charge on any atom is -0.495 e. The number of aryl methyl sites for hydroxylation is 1. The van der Waals surface area contributed by atoms with E-state index in [0.29, 0.717) is 23.1 Å². The summed E-state index contributed by atoms with van der Waals surface area (Å²) in [7, 11) is 1.56. The normalized spacial score (nSPS) is 11.5. The standard InChI is InChI=1S/C22H29N3O4/c1-14(2)18-11-10-17(12-15(18)3)29-16(4)22(27)25-24-21(26)13-23-19-8-6-7-9-20(19)28-5/h6-12,14,16,23H,13H2,1-5H3,(H,24,26)(H,25,27). The first kappa shape index (κ1) is 22.1. The summed E-state index contributed by atoms with van der Waals surface area (Å²) in [6.07, 6.45) is -0.762. The second kappa shape index (κ2) is 10.4. The molecule has 3 N–H and O–H groups in total. The topological polar surface area (TPSA) is 88.7 Å². The van der Waals surface area contributed by atoms with Crippen molar-refractivity contribution in [1.29, 1.82) is 0 Å². The summed E-state index contributed by atoms with van der Waals surface area (Å²) >= 11 is 0. The lowest BCUT2D eigenvalue weighted by atomic mass is 9.98. The van der Waals surface area contributed by atoms with Crippen LogP contribution in [-0.2, 0) is 9.59 Å². The summed E-state index contributed by atoms with van der Waals surface area (Å²) in [5.41, 5.74) is 7.79. The smallest absolute Gasteiger partial charge is 0.279 e. The molecule has 0 heterocycles. The van der Waals surface area contributed by atoms with Gasteiger partial charge in [0.2, 0.25) is 0 Å². The highest BCUT2D eigenvalue weighted by atomic mass is 16.5. The first-order valence-electron chi connectivity index (χ1n) is 9.54. The van der Waals surface area contributed by atoms with Crippen LogP contribution in [0.15, 0.2) is 42.5 Å². The largest absolute Gasteiger partial charge is 0.495 e. The average molecular weight is 399 g/mol. The van der Waals surface area contributed by atoms with Gasteiger partial charge in [-0.1, -0.05) is 32.0 Å². The van der Waals surface area contributed by atoms with Crippen molar-refractivity contribution in [2.24, 2.45) is 0 Å². The van der Waals surface area contributed by atoms with Crippen LogP contribution in [0.1, 0.15) is 37.8 Å². The minimum atomic E-state index is -0.762. The molecule has 0 aromatic heterocycles. The second-order valence-corrected chi connectivity index (χ2v) is 7.02. The molecule has 2 aromatic rings. The predicted octanol–water partition coefficient (Wildman–Crippen LogP) is 3.15. The van der Waals surface area contributed by atoms with Gasteiger partial charge in [-0.15, -0.1) is 0 Å². The van der Waals surface area contributed by atoms with Crippen molar-refractivity contribution in [3.63, 3.8) is 0 Å². The number of ether oxygens (including phenoxy) is 2. The number of carbonyl (C=O) groups is 2. The molecule has 2 rings (SSSR count). The molecule has 7 nitrogen and oxygen atoms in total. The van der Waals surface area contributed by atoms with Gasteiger partial charge in [0.15, 0.2) is 6.10 Å². The Balaban J connectivity index is 1.80. The van der Waals surface area contributed by atoms with E-state index in [9.17, 15) is 9.59 Å². The van der Waals surface area contributed by atoms with Crippen LogP contribution in [-0.4, -0.2) is 31.6 Å². The number of nitrogens with one attached hydrogen (secondary N) is 3. The maximum Gasteiger partial charge on any atom is 0.279 e. The third kappa shape index (κ3) is 6.41. The Hall–Kier alpha value is -3.22. The highest BCUT2D eigenvalue weighted by Gasteiger charge is 2.16. The van der Waals surface area contributed by atoms with Gasteiger partial charge in [0.05, 0.1) is 19.3 Å². The van der Waals surface area contributed by atoms with E-state index >= 15 is 0 Å². The van der Waals surface area contributed by atoms with Crippen molar-refractivity contribution in [1.82, 2.24) is 10.9 Å². The molecule has 0 aliphatic heterocycles. The van der Waals surface area contributed by atoms with Gasteiger partial charge in [-0.3, -0.25) is 20.4 Å². The van der Waals surface area contributed by atoms with Crippen molar-refractivity contribution < 1.29 is 19.1 Å². The molecule has 7 heteroatoms. The molecule has 0 aliphatic rings. The molecule has 1 atom stereocenters. The zero-order chi connectivity index (χ0) is 21.4. The molecule has 0 aliphatic carbocycles. The van der Waals surface area contributed by atoms with Gasteiger partial charge in [0, 0.05) is 0 Å². The summed E-state index contributed by atoms with van der Waals surface area (Å²) in [6.45, 7) is 7.88. The number of hydrogen-bond acceptors (Lipinski definition) is 5. The number of carbonyl (C=O) groups excluding carboxylic acids is 2. The molecule has 2 aromatic carbocycles. The second-order valence-electron chi connectivity index (χ2n) is 7.02. The maximum absolute atomic E-state index is 12.2. The van der Waals surface area contributed by atoms with Crippen LogP contribution < -0.4 is 25.6 Å². The lowest BCUT2D eigenvalue weighted by Crippen LogP contribution is -2.48. The van der Waals surface area contributed by atoms with Gasteiger partial charge in [-0.05, 0) is 55.2 Å². The highest BCUT2D eigenvalue weighted by Crippen LogP contribution is 2.24. The van der Waals surface area contributed by atoms with Crippen LogP contribution in [0.4, 0.5) is 5.69 Å². The van der Waals surface area contributed by atoms with Gasteiger partial charge in [0.25, 0.3) is 11.8 Å². The number of benzene rings is 2. The Morgan fingerprint density at radius 1 is 1.03 bits per heavy atom. The van der Waals surface area contributed by atoms with Gasteiger partial charge >= 0.3 is 0 Å². The molecule has 0 bridgehead atoms. The van der Waals surface area contributed by atoms with Crippen molar-refractivity contribution in [3.05, 3.63) is 53.6 Å². The van der Waals surface area contributed by atoms with Crippen LogP contribution in [0.2, 0.25) is 0 Å². The van der Waals surface area contributed by atoms with Gasteiger partial charge in [0.1, 0.15) is 11.5 Å². The third-order valence-corrected chi connectivity index (χ3v) is 4.42. The van der Waals surface area contributed by atoms with E-state index in [2.05, 4.69) is 30.0 Å². The number of rotatable bonds is 8. The highest BCUT2D eigenvalue weighted by molar-refractivity contribution is 5.86. The number of para-hydroxylation sites is 2. The van der Waals surface area contributed by atoms with Crippen LogP contribution >= 0.6 is 0 Å². The molecule has 0 saturated carbocycles. The zero-order valence-corrected chi connectivity index (χ0v) is 17.5. The number of anilines is 1. The van der Waals surface area contributed by atoms with E-state index in [1.54, 1.807) is 26.2 Å². The predicted molar refractivity (Wildman–Crippen MR) is 113 cm³/mol. The number of methoxy groups -OCH3 is 1. The number of hydrazine groups is 1. The fourth-order valence-corrected chi connectivity index (χ4v) is 2.87. The summed E-state index contributed by atoms with van der Waals surface area (Å²) in [5.74, 6) is 0.822. The van der Waals surface area contributed by atoms with Crippen LogP contribution in [0.3, 0.4) is 0 Å². The van der Waals surface area contributed by atoms with E-state index < -0.39 is 17.9 Å². The molecule has 0 saturated heterocycles. The summed E-state index contributed by atoms with van der Waals surface area (Å²) in [6, 6.07) is 13.0. The van der Waals surface area contributed by atoms with Crippen molar-refractivity contribution in [3.8, 4) is 11.5 Å². The Bertz CT molecular complexity index is 852. The molecule has 29 heavy (non-hydrogen) atoms. The van der Waals surface area contributed by atoms with Crippen LogP contribution in [0, 0.1) is 6.92 Å². The fraction of sp³-hybridized carbons (Fsp3) is 0.364. The maximum atomic E-state index is 12.2. The molecule has 0 spiro atoms. The van der Waals surface area contributed by atoms with Gasteiger partial charge in [-0.25, -0.2) is 0 Å². The summed E-state index contributed by atoms with van der Waals surface area (Å²) < 4.78 is 10.9. The molecule has 0 fully saturated rings. The summed E-state index contributed by atoms with van der Waals surface area (Å²) in [5, 5.41) is 2.96. The first-order valence-corrected chi connectivity index (χ1v) is 9.54. The van der Waals surface area contributed by atoms with Gasteiger partial charge < -0.3 is 14.8 Å². The van der Waals surface area contributed by atoms with Crippen molar-refractivity contribution >= 4 is 17.5 Å². The Kier molecular flexibility index (Phi) is 7.88. The monoisotopic (exact) mass is 399 g/mol. The Labute approximate surface area is 171 Å². The third-order valence-electron chi connectivity index (χ3n) is 4.42. The SMILES string of the molecule is COc1ccccc1NCC(=O)NNC(=O)C(C)Oc1ccc(C(C)C)c(C)c1. The minimum absolute atomic E-state index is 0.0221. The van der Waals surface area contributed by atoms with Gasteiger partial charge in [-0.2, -0.15) is 0 Å². The average Bonchev–Trinajstić information content (AvgIpc) is 2.70. The molecular weight excluding hydrogens is 370 g/mol. The Morgan fingerprint density at radius 2 is 1.76 bits per heavy atom. The van der Waals surface area contributed by atoms with E-state index in [0.717, 1.165) is 5.56 Å². The fourth-order valence-electron chi connectivity index (χ4n) is 2.87. The van der Waals surface area contributed by atoms with Crippen LogP contribution in [0.5, 0.6) is 11.5 Å². The van der Waals surface area contributed by atoms with Crippen molar-refractivity contribution in [2.75, 3.05) is 19.0 Å². The molecular formula is C22H29N3O4. The lowest BCUT2D eigenvalue weighted by molar-refractivity contribution is -0.132. The molecule has 1 unspecified atom stereocenters. The van der Waals surface area contributed by atoms with Crippen molar-refractivity contribution in [2.45, 2.75) is 39.7 Å². The van der Waals surface area contributed by atoms with Crippen LogP contribution in [0.25, 0.3) is 0 Å². The quantitative estimate of drug-likeness (QED) is 0.594. The van der Waals surface area contributed by atoms with E-state index in [-0.39, 0.29) is 6.54 Å². The first-order chi connectivity index (χ1) is 13.8.